The maximum absolute atomic E-state index is 13.7. The average Bonchev–Trinajstić information content (AvgIpc) is 2.68. The summed E-state index contributed by atoms with van der Waals surface area (Å²) in [5.41, 5.74) is 2.35. The lowest BCUT2D eigenvalue weighted by Gasteiger charge is -2.23. The molecule has 26 heavy (non-hydrogen) atoms. The Bertz CT molecular complexity index is 1070. The maximum Gasteiger partial charge on any atom is 0.148 e. The van der Waals surface area contributed by atoms with E-state index in [2.05, 4.69) is 15.0 Å². The number of rotatable bonds is 4. The van der Waals surface area contributed by atoms with Gasteiger partial charge in [0.25, 0.3) is 0 Å². The second-order valence-electron chi connectivity index (χ2n) is 5.98. The zero-order valence-electron chi connectivity index (χ0n) is 14.3. The van der Waals surface area contributed by atoms with Gasteiger partial charge in [0.2, 0.25) is 0 Å². The molecule has 2 aromatic heterocycles. The normalized spacial score (nSPS) is 12.8. The molecule has 1 aromatic carbocycles. The van der Waals surface area contributed by atoms with Crippen LogP contribution in [0.2, 0.25) is 0 Å². The first-order valence-corrected chi connectivity index (χ1v) is 8.27. The van der Waals surface area contributed by atoms with E-state index in [9.17, 15) is 4.39 Å². The highest BCUT2D eigenvalue weighted by atomic mass is 19.1. The van der Waals surface area contributed by atoms with Crippen molar-refractivity contribution >= 4 is 11.9 Å². The highest BCUT2D eigenvalue weighted by Crippen LogP contribution is 2.27. The van der Waals surface area contributed by atoms with E-state index in [1.165, 1.54) is 6.07 Å². The minimum absolute atomic E-state index is 0.0770. The number of hydrogen-bond donors (Lipinski definition) is 0. The van der Waals surface area contributed by atoms with Gasteiger partial charge in [-0.05, 0) is 42.8 Å². The molecule has 3 heterocycles. The number of aryl methyl sites for hydroxylation is 1. The van der Waals surface area contributed by atoms with Gasteiger partial charge in [0.15, 0.2) is 0 Å². The first kappa shape index (κ1) is 16.2. The number of ether oxygens (including phenoxy) is 1. The van der Waals surface area contributed by atoms with Crippen LogP contribution in [0.4, 0.5) is 10.1 Å². The molecule has 1 aliphatic heterocycles. The smallest absolute Gasteiger partial charge is 0.148 e. The second kappa shape index (κ2) is 6.92. The molecule has 130 valence electrons. The Morgan fingerprint density at radius 1 is 1.12 bits per heavy atom. The Morgan fingerprint density at radius 2 is 1.96 bits per heavy atom. The third kappa shape index (κ3) is 3.26. The van der Waals surface area contributed by atoms with Crippen LogP contribution in [0.3, 0.4) is 0 Å². The van der Waals surface area contributed by atoms with Crippen LogP contribution in [0.1, 0.15) is 11.3 Å². The zero-order chi connectivity index (χ0) is 17.9. The molecule has 4 rings (SSSR count). The summed E-state index contributed by atoms with van der Waals surface area (Å²) < 4.78 is 19.4. The molecular weight excluding hydrogens is 331 g/mol. The minimum Gasteiger partial charge on any atom is -0.487 e. The van der Waals surface area contributed by atoms with Crippen molar-refractivity contribution < 1.29 is 9.13 Å². The lowest BCUT2D eigenvalue weighted by atomic mass is 10.1. The molecule has 0 N–H and O–H groups in total. The summed E-state index contributed by atoms with van der Waals surface area (Å²) in [6.07, 6.45) is 5.28. The molecular formula is C20H17FN4O. The molecule has 0 radical (unpaired) electrons. The van der Waals surface area contributed by atoms with Crippen LogP contribution in [-0.4, -0.2) is 16.6 Å². The molecule has 0 bridgehead atoms. The molecule has 0 unspecified atom stereocenters. The Balaban J connectivity index is 1.59. The summed E-state index contributed by atoms with van der Waals surface area (Å²) in [5, 5.41) is 1.72. The number of aromatic nitrogens is 2. The summed E-state index contributed by atoms with van der Waals surface area (Å²) >= 11 is 0. The largest absolute Gasteiger partial charge is 0.487 e. The lowest BCUT2D eigenvalue weighted by Crippen LogP contribution is -2.37. The quantitative estimate of drug-likeness (QED) is 0.726. The van der Waals surface area contributed by atoms with E-state index in [0.717, 1.165) is 22.0 Å². The van der Waals surface area contributed by atoms with Crippen LogP contribution in [0.25, 0.3) is 6.20 Å². The highest BCUT2D eigenvalue weighted by molar-refractivity contribution is 5.64. The third-order valence-corrected chi connectivity index (χ3v) is 4.19. The summed E-state index contributed by atoms with van der Waals surface area (Å²) in [6, 6.07) is 12.5. The van der Waals surface area contributed by atoms with Crippen molar-refractivity contribution in [1.29, 1.82) is 0 Å². The van der Waals surface area contributed by atoms with Crippen molar-refractivity contribution in [2.75, 3.05) is 11.6 Å². The average molecular weight is 348 g/mol. The molecule has 0 atom stereocenters. The monoisotopic (exact) mass is 348 g/mol. The molecule has 0 saturated carbocycles. The number of halogens is 1. The SMILES string of the molecule is Cc1ccc(OCc2ncccc2F)cc1N1C=c2ncccc2=NC1. The number of hydrogen-bond acceptors (Lipinski definition) is 5. The second-order valence-corrected chi connectivity index (χ2v) is 5.98. The number of benzene rings is 1. The first-order chi connectivity index (χ1) is 12.7. The van der Waals surface area contributed by atoms with Gasteiger partial charge in [-0.15, -0.1) is 0 Å². The molecule has 0 spiro atoms. The Hall–Kier alpha value is -3.28. The number of fused-ring (bicyclic) bond motifs is 1. The number of anilines is 1. The van der Waals surface area contributed by atoms with Crippen molar-refractivity contribution in [3.63, 3.8) is 0 Å². The summed E-state index contributed by atoms with van der Waals surface area (Å²) in [5.74, 6) is 0.279. The van der Waals surface area contributed by atoms with Crippen molar-refractivity contribution in [2.24, 2.45) is 4.99 Å². The predicted octanol–water partition coefficient (Wildman–Crippen LogP) is 2.34. The van der Waals surface area contributed by atoms with Gasteiger partial charge in [-0.1, -0.05) is 6.07 Å². The van der Waals surface area contributed by atoms with Gasteiger partial charge in [-0.3, -0.25) is 15.0 Å². The van der Waals surface area contributed by atoms with Crippen molar-refractivity contribution in [3.05, 3.63) is 82.6 Å². The third-order valence-electron chi connectivity index (χ3n) is 4.19. The highest BCUT2D eigenvalue weighted by Gasteiger charge is 2.12. The van der Waals surface area contributed by atoms with Crippen LogP contribution >= 0.6 is 0 Å². The topological polar surface area (TPSA) is 50.6 Å². The van der Waals surface area contributed by atoms with Crippen LogP contribution in [0.15, 0.2) is 59.9 Å². The molecule has 0 amide bonds. The molecule has 0 aliphatic carbocycles. The van der Waals surface area contributed by atoms with E-state index in [1.807, 2.05) is 48.4 Å². The molecule has 5 nitrogen and oxygen atoms in total. The Morgan fingerprint density at radius 3 is 2.85 bits per heavy atom. The predicted molar refractivity (Wildman–Crippen MR) is 96.5 cm³/mol. The van der Waals surface area contributed by atoms with Crippen LogP contribution in [0.5, 0.6) is 5.75 Å². The fraction of sp³-hybridized carbons (Fsp3) is 0.150. The van der Waals surface area contributed by atoms with Gasteiger partial charge in [0.05, 0.1) is 5.36 Å². The van der Waals surface area contributed by atoms with Gasteiger partial charge in [-0.25, -0.2) is 4.39 Å². The first-order valence-electron chi connectivity index (χ1n) is 8.27. The zero-order valence-corrected chi connectivity index (χ0v) is 14.3. The summed E-state index contributed by atoms with van der Waals surface area (Å²) in [6.45, 7) is 2.62. The summed E-state index contributed by atoms with van der Waals surface area (Å²) in [7, 11) is 0. The Labute approximate surface area is 150 Å². The van der Waals surface area contributed by atoms with Gasteiger partial charge < -0.3 is 9.64 Å². The van der Waals surface area contributed by atoms with E-state index in [-0.39, 0.29) is 18.1 Å². The van der Waals surface area contributed by atoms with E-state index in [1.54, 1.807) is 18.5 Å². The van der Waals surface area contributed by atoms with Crippen LogP contribution in [-0.2, 0) is 6.61 Å². The molecule has 6 heteroatoms. The molecule has 0 fully saturated rings. The lowest BCUT2D eigenvalue weighted by molar-refractivity contribution is 0.294. The molecule has 3 aromatic rings. The molecule has 0 saturated heterocycles. The van der Waals surface area contributed by atoms with Gasteiger partial charge in [0, 0.05) is 30.3 Å². The van der Waals surface area contributed by atoms with Crippen molar-refractivity contribution in [2.45, 2.75) is 13.5 Å². The Kier molecular flexibility index (Phi) is 4.31. The number of pyridine rings is 2. The van der Waals surface area contributed by atoms with Gasteiger partial charge in [-0.2, -0.15) is 0 Å². The minimum atomic E-state index is -0.370. The number of nitrogens with zero attached hydrogens (tertiary/aromatic N) is 4. The van der Waals surface area contributed by atoms with Crippen molar-refractivity contribution in [3.8, 4) is 5.75 Å². The van der Waals surface area contributed by atoms with E-state index in [0.29, 0.717) is 12.4 Å². The van der Waals surface area contributed by atoms with E-state index >= 15 is 0 Å². The van der Waals surface area contributed by atoms with Crippen LogP contribution < -0.4 is 20.3 Å². The summed E-state index contributed by atoms with van der Waals surface area (Å²) in [4.78, 5) is 15.0. The van der Waals surface area contributed by atoms with Gasteiger partial charge >= 0.3 is 0 Å². The van der Waals surface area contributed by atoms with Crippen LogP contribution in [0, 0.1) is 12.7 Å². The maximum atomic E-state index is 13.7. The standard InChI is InChI=1S/C20H17FN4O/c1-14-6-7-15(26-12-19-16(21)4-2-8-23-19)10-20(14)25-11-18-17(24-13-25)5-3-9-22-18/h2-11H,12-13H2,1H3. The van der Waals surface area contributed by atoms with Crippen molar-refractivity contribution in [1.82, 2.24) is 9.97 Å². The van der Waals surface area contributed by atoms with E-state index in [4.69, 9.17) is 4.74 Å². The molecule has 1 aliphatic rings. The fourth-order valence-electron chi connectivity index (χ4n) is 2.79. The van der Waals surface area contributed by atoms with Gasteiger partial charge in [0.1, 0.15) is 35.9 Å². The fourth-order valence-corrected chi connectivity index (χ4v) is 2.79. The van der Waals surface area contributed by atoms with E-state index < -0.39 is 0 Å².